The van der Waals surface area contributed by atoms with Gasteiger partial charge in [-0.15, -0.1) is 0 Å². The van der Waals surface area contributed by atoms with Crippen LogP contribution in [0, 0.1) is 17.7 Å². The van der Waals surface area contributed by atoms with E-state index in [1.807, 2.05) is 0 Å². The fourth-order valence-electron chi connectivity index (χ4n) is 4.28. The van der Waals surface area contributed by atoms with Gasteiger partial charge in [0.15, 0.2) is 0 Å². The number of hydrogen-bond acceptors (Lipinski definition) is 3. The van der Waals surface area contributed by atoms with Crippen LogP contribution in [-0.4, -0.2) is 53.8 Å². The minimum atomic E-state index is -0.272. The SMILES string of the molecule is O=C(CCN1C[C@H]2CC[C@@H](C1)N(CC1CC1)C2=O)NCc1ccc(F)cc1. The molecule has 0 aromatic heterocycles. The Morgan fingerprint density at radius 2 is 1.89 bits per heavy atom. The number of rotatable bonds is 7. The molecule has 3 saturated heterocycles. The van der Waals surface area contributed by atoms with Gasteiger partial charge in [0.1, 0.15) is 5.82 Å². The Bertz CT molecular complexity index is 689. The molecule has 2 bridgehead atoms. The van der Waals surface area contributed by atoms with Crippen molar-refractivity contribution in [2.45, 2.75) is 44.7 Å². The molecule has 2 amide bonds. The lowest BCUT2D eigenvalue weighted by Gasteiger charge is -2.36. The molecule has 6 heteroatoms. The van der Waals surface area contributed by atoms with Crippen LogP contribution in [0.1, 0.15) is 37.7 Å². The van der Waals surface area contributed by atoms with Gasteiger partial charge in [0, 0.05) is 45.2 Å². The van der Waals surface area contributed by atoms with E-state index < -0.39 is 0 Å². The van der Waals surface area contributed by atoms with Gasteiger partial charge in [-0.25, -0.2) is 4.39 Å². The van der Waals surface area contributed by atoms with Crippen LogP contribution >= 0.6 is 0 Å². The minimum absolute atomic E-state index is 0.00270. The molecule has 3 aliphatic heterocycles. The van der Waals surface area contributed by atoms with Crippen LogP contribution in [0.3, 0.4) is 0 Å². The third kappa shape index (κ3) is 4.67. The summed E-state index contributed by atoms with van der Waals surface area (Å²) in [7, 11) is 0. The van der Waals surface area contributed by atoms with E-state index in [1.54, 1.807) is 12.1 Å². The molecule has 27 heavy (non-hydrogen) atoms. The summed E-state index contributed by atoms with van der Waals surface area (Å²) in [5.41, 5.74) is 0.888. The summed E-state index contributed by atoms with van der Waals surface area (Å²) in [6.45, 7) is 3.71. The molecule has 1 saturated carbocycles. The van der Waals surface area contributed by atoms with Crippen LogP contribution in [0.2, 0.25) is 0 Å². The third-order valence-electron chi connectivity index (χ3n) is 6.08. The predicted octanol–water partition coefficient (Wildman–Crippen LogP) is 2.16. The standard InChI is InChI=1S/C21H28FN3O2/c22-18-6-3-15(4-7-18)11-23-20(26)9-10-24-13-17-5-8-19(14-24)25(21(17)27)12-16-1-2-16/h3-4,6-7,16-17,19H,1-2,5,8-14H2,(H,23,26)/t17-,19+/m1/s1. The second-order valence-corrected chi connectivity index (χ2v) is 8.27. The molecule has 4 aliphatic rings. The van der Waals surface area contributed by atoms with Crippen LogP contribution < -0.4 is 5.32 Å². The molecular weight excluding hydrogens is 345 g/mol. The molecule has 146 valence electrons. The second kappa shape index (κ2) is 7.97. The monoisotopic (exact) mass is 373 g/mol. The molecule has 2 atom stereocenters. The van der Waals surface area contributed by atoms with Gasteiger partial charge in [0.05, 0.1) is 5.92 Å². The third-order valence-corrected chi connectivity index (χ3v) is 6.08. The molecule has 3 heterocycles. The van der Waals surface area contributed by atoms with E-state index in [9.17, 15) is 14.0 Å². The first-order valence-corrected chi connectivity index (χ1v) is 10.1. The summed E-state index contributed by atoms with van der Waals surface area (Å²) in [4.78, 5) is 29.3. The number of hydrogen-bond donors (Lipinski definition) is 1. The minimum Gasteiger partial charge on any atom is -0.352 e. The number of carbonyl (C=O) groups excluding carboxylic acids is 2. The molecule has 0 spiro atoms. The highest BCUT2D eigenvalue weighted by molar-refractivity contribution is 5.80. The average Bonchev–Trinajstić information content (AvgIpc) is 3.50. The van der Waals surface area contributed by atoms with Crippen molar-refractivity contribution in [3.63, 3.8) is 0 Å². The molecule has 4 fully saturated rings. The Balaban J connectivity index is 1.25. The number of nitrogens with zero attached hydrogens (tertiary/aromatic N) is 2. The highest BCUT2D eigenvalue weighted by Crippen LogP contribution is 2.35. The van der Waals surface area contributed by atoms with Crippen molar-refractivity contribution in [3.05, 3.63) is 35.6 Å². The van der Waals surface area contributed by atoms with Gasteiger partial charge in [0.25, 0.3) is 0 Å². The fraction of sp³-hybridized carbons (Fsp3) is 0.619. The van der Waals surface area contributed by atoms with E-state index in [0.717, 1.165) is 44.0 Å². The Hall–Kier alpha value is -1.95. The lowest BCUT2D eigenvalue weighted by Crippen LogP contribution is -2.48. The Morgan fingerprint density at radius 1 is 1.11 bits per heavy atom. The van der Waals surface area contributed by atoms with E-state index in [0.29, 0.717) is 31.5 Å². The smallest absolute Gasteiger partial charge is 0.227 e. The maximum Gasteiger partial charge on any atom is 0.227 e. The largest absolute Gasteiger partial charge is 0.352 e. The van der Waals surface area contributed by atoms with Crippen molar-refractivity contribution in [3.8, 4) is 0 Å². The number of amides is 2. The van der Waals surface area contributed by atoms with Crippen molar-refractivity contribution in [1.82, 2.24) is 15.1 Å². The van der Waals surface area contributed by atoms with Crippen molar-refractivity contribution in [1.29, 1.82) is 0 Å². The number of fused-ring (bicyclic) bond motifs is 4. The maximum absolute atomic E-state index is 12.9. The lowest BCUT2D eigenvalue weighted by molar-refractivity contribution is -0.140. The van der Waals surface area contributed by atoms with Crippen LogP contribution in [0.15, 0.2) is 24.3 Å². The molecule has 5 rings (SSSR count). The van der Waals surface area contributed by atoms with Crippen molar-refractivity contribution >= 4 is 11.8 Å². The Kier molecular flexibility index (Phi) is 5.43. The summed E-state index contributed by atoms with van der Waals surface area (Å²) >= 11 is 0. The van der Waals surface area contributed by atoms with Gasteiger partial charge >= 0.3 is 0 Å². The van der Waals surface area contributed by atoms with Crippen LogP contribution in [-0.2, 0) is 16.1 Å². The summed E-state index contributed by atoms with van der Waals surface area (Å²) < 4.78 is 12.9. The molecule has 1 aliphatic carbocycles. The van der Waals surface area contributed by atoms with Gasteiger partial charge in [-0.2, -0.15) is 0 Å². The Morgan fingerprint density at radius 3 is 2.63 bits per heavy atom. The van der Waals surface area contributed by atoms with E-state index in [-0.39, 0.29) is 17.6 Å². The zero-order valence-electron chi connectivity index (χ0n) is 15.7. The maximum atomic E-state index is 12.9. The number of piperidine rings is 1. The van der Waals surface area contributed by atoms with Gasteiger partial charge < -0.3 is 10.2 Å². The quantitative estimate of drug-likeness (QED) is 0.797. The summed E-state index contributed by atoms with van der Waals surface area (Å²) in [5.74, 6) is 0.883. The number of benzene rings is 1. The molecule has 0 unspecified atom stereocenters. The first kappa shape index (κ1) is 18.4. The highest BCUT2D eigenvalue weighted by Gasteiger charge is 2.42. The second-order valence-electron chi connectivity index (χ2n) is 8.27. The van der Waals surface area contributed by atoms with Crippen LogP contribution in [0.25, 0.3) is 0 Å². The summed E-state index contributed by atoms with van der Waals surface area (Å²) in [5, 5.41) is 2.90. The first-order chi connectivity index (χ1) is 13.1. The van der Waals surface area contributed by atoms with Crippen molar-refractivity contribution in [2.75, 3.05) is 26.2 Å². The number of carbonyl (C=O) groups is 2. The van der Waals surface area contributed by atoms with E-state index in [2.05, 4.69) is 15.1 Å². The highest BCUT2D eigenvalue weighted by atomic mass is 19.1. The van der Waals surface area contributed by atoms with Crippen LogP contribution in [0.4, 0.5) is 4.39 Å². The molecule has 5 nitrogen and oxygen atoms in total. The number of nitrogens with one attached hydrogen (secondary N) is 1. The summed E-state index contributed by atoms with van der Waals surface area (Å²) in [6.07, 6.45) is 5.03. The lowest BCUT2D eigenvalue weighted by atomic mass is 9.94. The van der Waals surface area contributed by atoms with Crippen LogP contribution in [0.5, 0.6) is 0 Å². The Labute approximate surface area is 159 Å². The molecule has 1 aromatic carbocycles. The van der Waals surface area contributed by atoms with Crippen molar-refractivity contribution in [2.24, 2.45) is 11.8 Å². The van der Waals surface area contributed by atoms with E-state index in [1.165, 1.54) is 25.0 Å². The zero-order chi connectivity index (χ0) is 18.8. The van der Waals surface area contributed by atoms with Gasteiger partial charge in [-0.05, 0) is 49.3 Å². The van der Waals surface area contributed by atoms with Gasteiger partial charge in [-0.3, -0.25) is 14.5 Å². The predicted molar refractivity (Wildman–Crippen MR) is 100 cm³/mol. The van der Waals surface area contributed by atoms with E-state index in [4.69, 9.17) is 0 Å². The molecule has 1 aromatic rings. The molecule has 0 radical (unpaired) electrons. The topological polar surface area (TPSA) is 52.7 Å². The first-order valence-electron chi connectivity index (χ1n) is 10.1. The zero-order valence-corrected chi connectivity index (χ0v) is 15.7. The summed E-state index contributed by atoms with van der Waals surface area (Å²) in [6, 6.07) is 6.49. The molecular formula is C21H28FN3O2. The molecule has 1 N–H and O–H groups in total. The normalized spacial score (nSPS) is 25.5. The van der Waals surface area contributed by atoms with Gasteiger partial charge in [-0.1, -0.05) is 12.1 Å². The van der Waals surface area contributed by atoms with E-state index >= 15 is 0 Å². The van der Waals surface area contributed by atoms with Gasteiger partial charge in [0.2, 0.25) is 11.8 Å². The number of halogens is 1. The van der Waals surface area contributed by atoms with Crippen molar-refractivity contribution < 1.29 is 14.0 Å². The average molecular weight is 373 g/mol. The fourth-order valence-corrected chi connectivity index (χ4v) is 4.28.